The number of carbonyl (C=O) groups is 2. The highest BCUT2D eigenvalue weighted by atomic mass is 32.1. The first-order valence-corrected chi connectivity index (χ1v) is 5.67. The molecule has 0 spiro atoms. The molecule has 1 atom stereocenters. The maximum Gasteiger partial charge on any atom is 0.253 e. The molecule has 1 amide bonds. The van der Waals surface area contributed by atoms with E-state index >= 15 is 0 Å². The smallest absolute Gasteiger partial charge is 0.253 e. The Balaban J connectivity index is 2.34. The van der Waals surface area contributed by atoms with Gasteiger partial charge in [-0.2, -0.15) is 0 Å². The van der Waals surface area contributed by atoms with Crippen molar-refractivity contribution in [2.45, 2.75) is 19.4 Å². The Morgan fingerprint density at radius 3 is 2.88 bits per heavy atom. The number of aromatic nitrogens is 1. The lowest BCUT2D eigenvalue weighted by molar-refractivity contribution is -0.132. The molecule has 0 aromatic carbocycles. The third-order valence-electron chi connectivity index (χ3n) is 2.30. The number of thiazole rings is 1. The molecule has 6 nitrogen and oxygen atoms in total. The van der Waals surface area contributed by atoms with Crippen LogP contribution in [0, 0.1) is 0 Å². The molecule has 0 saturated heterocycles. The van der Waals surface area contributed by atoms with E-state index < -0.39 is 23.1 Å². The predicted octanol–water partition coefficient (Wildman–Crippen LogP) is 0.821. The summed E-state index contributed by atoms with van der Waals surface area (Å²) in [5.74, 6) is -1.85. The van der Waals surface area contributed by atoms with Gasteiger partial charge in [-0.05, 0) is 6.92 Å². The zero-order valence-electron chi connectivity index (χ0n) is 9.18. The first-order chi connectivity index (χ1) is 7.95. The summed E-state index contributed by atoms with van der Waals surface area (Å²) in [6.45, 7) is 2.76. The first-order valence-electron chi connectivity index (χ1n) is 4.80. The van der Waals surface area contributed by atoms with Gasteiger partial charge in [-0.3, -0.25) is 14.9 Å². The van der Waals surface area contributed by atoms with Crippen LogP contribution in [0.2, 0.25) is 0 Å². The van der Waals surface area contributed by atoms with Crippen molar-refractivity contribution in [2.24, 2.45) is 0 Å². The molecular formula is C10H10N2O4S. The Labute approximate surface area is 101 Å². The third-order valence-corrected chi connectivity index (χ3v) is 3.28. The lowest BCUT2D eigenvalue weighted by Gasteiger charge is -2.20. The molecule has 2 N–H and O–H groups in total. The number of hydrogen-bond donors (Lipinski definition) is 2. The molecular weight excluding hydrogens is 244 g/mol. The van der Waals surface area contributed by atoms with Crippen LogP contribution < -0.4 is 5.32 Å². The van der Waals surface area contributed by atoms with Crippen LogP contribution in [-0.4, -0.2) is 21.8 Å². The van der Waals surface area contributed by atoms with E-state index in [1.54, 1.807) is 5.38 Å². The summed E-state index contributed by atoms with van der Waals surface area (Å²) in [6.07, 6.45) is 1.54. The molecule has 1 aromatic rings. The second-order valence-electron chi connectivity index (χ2n) is 3.66. The highest BCUT2D eigenvalue weighted by Crippen LogP contribution is 2.37. The number of rotatable bonds is 2. The Kier molecular flexibility index (Phi) is 2.62. The third kappa shape index (κ3) is 1.78. The normalized spacial score (nSPS) is 23.8. The monoisotopic (exact) mass is 254 g/mol. The number of carbonyl (C=O) groups excluding carboxylic acids is 2. The number of Topliss-reactive ketones (excluding diaryl/α,β-unsaturated/α-hetero) is 1. The number of nitrogens with zero attached hydrogens (tertiary/aromatic N) is 1. The van der Waals surface area contributed by atoms with Gasteiger partial charge in [0.1, 0.15) is 5.01 Å². The van der Waals surface area contributed by atoms with Gasteiger partial charge >= 0.3 is 0 Å². The van der Waals surface area contributed by atoms with Crippen molar-refractivity contribution in [2.75, 3.05) is 0 Å². The Morgan fingerprint density at radius 1 is 1.65 bits per heavy atom. The van der Waals surface area contributed by atoms with Crippen LogP contribution in [-0.2, 0) is 19.9 Å². The van der Waals surface area contributed by atoms with E-state index in [2.05, 4.69) is 10.3 Å². The van der Waals surface area contributed by atoms with E-state index in [0.29, 0.717) is 5.01 Å². The maximum atomic E-state index is 11.9. The molecule has 1 aromatic heterocycles. The van der Waals surface area contributed by atoms with E-state index in [1.807, 2.05) is 0 Å². The summed E-state index contributed by atoms with van der Waals surface area (Å²) in [5.41, 5.74) is -1.37. The van der Waals surface area contributed by atoms with Crippen molar-refractivity contribution in [3.8, 4) is 0 Å². The van der Waals surface area contributed by atoms with Gasteiger partial charge in [-0.25, -0.2) is 4.98 Å². The van der Waals surface area contributed by atoms with Gasteiger partial charge in [0.05, 0.1) is 0 Å². The number of aliphatic hydroxyl groups excluding tert-OH is 1. The fourth-order valence-corrected chi connectivity index (χ4v) is 2.20. The second kappa shape index (κ2) is 3.85. The van der Waals surface area contributed by atoms with Crippen molar-refractivity contribution in [1.29, 1.82) is 0 Å². The second-order valence-corrected chi connectivity index (χ2v) is 4.56. The van der Waals surface area contributed by atoms with Crippen LogP contribution >= 0.6 is 11.3 Å². The molecule has 90 valence electrons. The van der Waals surface area contributed by atoms with Crippen LogP contribution in [0.5, 0.6) is 0 Å². The Morgan fingerprint density at radius 2 is 2.35 bits per heavy atom. The lowest BCUT2D eigenvalue weighted by atomic mass is 10.0. The van der Waals surface area contributed by atoms with Crippen LogP contribution in [0.4, 0.5) is 0 Å². The van der Waals surface area contributed by atoms with Crippen LogP contribution in [0.25, 0.3) is 0 Å². The van der Waals surface area contributed by atoms with Crippen molar-refractivity contribution < 1.29 is 19.4 Å². The van der Waals surface area contributed by atoms with Gasteiger partial charge in [0, 0.05) is 18.5 Å². The van der Waals surface area contributed by atoms with Gasteiger partial charge in [0.15, 0.2) is 0 Å². The van der Waals surface area contributed by atoms with E-state index in [-0.39, 0.29) is 5.88 Å². The maximum absolute atomic E-state index is 11.9. The molecule has 1 aliphatic rings. The number of ether oxygens (including phenoxy) is 1. The van der Waals surface area contributed by atoms with Gasteiger partial charge in [0.2, 0.25) is 23.2 Å². The molecule has 0 bridgehead atoms. The van der Waals surface area contributed by atoms with Crippen molar-refractivity contribution in [3.05, 3.63) is 28.2 Å². The zero-order valence-corrected chi connectivity index (χ0v) is 10.00. The summed E-state index contributed by atoms with van der Waals surface area (Å²) in [5, 5.41) is 14.0. The Hall–Kier alpha value is -1.89. The van der Waals surface area contributed by atoms with Crippen LogP contribution in [0.3, 0.4) is 0 Å². The quantitative estimate of drug-likeness (QED) is 0.815. The molecule has 2 rings (SSSR count). The summed E-state index contributed by atoms with van der Waals surface area (Å²) >= 11 is 1.24. The topological polar surface area (TPSA) is 88.5 Å². The summed E-state index contributed by atoms with van der Waals surface area (Å²) in [6, 6.07) is 0. The molecule has 0 radical (unpaired) electrons. The minimum absolute atomic E-state index is 0.222. The van der Waals surface area contributed by atoms with Crippen molar-refractivity contribution in [1.82, 2.24) is 10.3 Å². The molecule has 7 heteroatoms. The predicted molar refractivity (Wildman–Crippen MR) is 59.0 cm³/mol. The van der Waals surface area contributed by atoms with Crippen molar-refractivity contribution >= 4 is 23.0 Å². The number of ketones is 1. The lowest BCUT2D eigenvalue weighted by Crippen LogP contribution is -2.31. The average Bonchev–Trinajstić information content (AvgIpc) is 2.84. The summed E-state index contributed by atoms with van der Waals surface area (Å²) in [4.78, 5) is 26.8. The summed E-state index contributed by atoms with van der Waals surface area (Å²) < 4.78 is 5.32. The summed E-state index contributed by atoms with van der Waals surface area (Å²) in [7, 11) is 0. The van der Waals surface area contributed by atoms with E-state index in [4.69, 9.17) is 4.74 Å². The standard InChI is InChI=1S/C10H10N2O4S/c1-5(13)12-8-6(14)7(15)10(2,16-8)9-11-3-4-17-9/h3-4,14H,1-2H3,(H,12,13). The first kappa shape index (κ1) is 11.6. The zero-order chi connectivity index (χ0) is 12.6. The molecule has 1 aliphatic heterocycles. The van der Waals surface area contributed by atoms with Crippen LogP contribution in [0.15, 0.2) is 23.2 Å². The fourth-order valence-electron chi connectivity index (χ4n) is 1.47. The van der Waals surface area contributed by atoms with Gasteiger partial charge in [-0.15, -0.1) is 11.3 Å². The van der Waals surface area contributed by atoms with Crippen LogP contribution in [0.1, 0.15) is 18.9 Å². The average molecular weight is 254 g/mol. The van der Waals surface area contributed by atoms with E-state index in [0.717, 1.165) is 0 Å². The number of amides is 1. The molecule has 2 heterocycles. The highest BCUT2D eigenvalue weighted by Gasteiger charge is 2.50. The molecule has 0 saturated carbocycles. The fraction of sp³-hybridized carbons (Fsp3) is 0.300. The molecule has 0 fully saturated rings. The van der Waals surface area contributed by atoms with Gasteiger partial charge in [-0.1, -0.05) is 0 Å². The number of hydrogen-bond acceptors (Lipinski definition) is 6. The SMILES string of the molecule is CC(=O)NC1=C(O)C(=O)C(C)(c2nccs2)O1. The molecule has 1 unspecified atom stereocenters. The molecule has 17 heavy (non-hydrogen) atoms. The number of aliphatic hydroxyl groups is 1. The minimum Gasteiger partial charge on any atom is -0.501 e. The number of nitrogens with one attached hydrogen (secondary N) is 1. The van der Waals surface area contributed by atoms with Crippen molar-refractivity contribution in [3.63, 3.8) is 0 Å². The largest absolute Gasteiger partial charge is 0.501 e. The van der Waals surface area contributed by atoms with Gasteiger partial charge < -0.3 is 9.84 Å². The van der Waals surface area contributed by atoms with Gasteiger partial charge in [0.25, 0.3) is 5.78 Å². The highest BCUT2D eigenvalue weighted by molar-refractivity contribution is 7.09. The Bertz CT molecular complexity index is 508. The van der Waals surface area contributed by atoms with E-state index in [9.17, 15) is 14.7 Å². The molecule has 0 aliphatic carbocycles. The minimum atomic E-state index is -1.37. The van der Waals surface area contributed by atoms with E-state index in [1.165, 1.54) is 31.4 Å².